The Kier molecular flexibility index (Phi) is 6.13. The van der Waals surface area contributed by atoms with Gasteiger partial charge in [-0.2, -0.15) is 0 Å². The Morgan fingerprint density at radius 2 is 1.83 bits per heavy atom. The average Bonchev–Trinajstić information content (AvgIpc) is 2.30. The van der Waals surface area contributed by atoms with Crippen LogP contribution in [-0.2, 0) is 6.54 Å². The quantitative estimate of drug-likeness (QED) is 0.750. The second-order valence-electron chi connectivity index (χ2n) is 4.99. The van der Waals surface area contributed by atoms with E-state index in [2.05, 4.69) is 31.3 Å². The van der Waals surface area contributed by atoms with Gasteiger partial charge in [-0.15, -0.1) is 0 Å². The van der Waals surface area contributed by atoms with Crippen LogP contribution in [0.15, 0.2) is 12.1 Å². The predicted molar refractivity (Wildman–Crippen MR) is 74.0 cm³/mol. The summed E-state index contributed by atoms with van der Waals surface area (Å²) >= 11 is 0. The van der Waals surface area contributed by atoms with Gasteiger partial charge in [-0.25, -0.2) is 0 Å². The molecule has 0 atom stereocenters. The van der Waals surface area contributed by atoms with Crippen molar-refractivity contribution in [2.24, 2.45) is 0 Å². The molecule has 0 aliphatic heterocycles. The highest BCUT2D eigenvalue weighted by Gasteiger charge is 2.06. The van der Waals surface area contributed by atoms with Crippen LogP contribution >= 0.6 is 0 Å². The molecule has 1 N–H and O–H groups in total. The monoisotopic (exact) mass is 253 g/mol. The number of ether oxygens (including phenoxy) is 1. The summed E-state index contributed by atoms with van der Waals surface area (Å²) in [5.41, 5.74) is 3.50. The maximum Gasteiger partial charge on any atom is 0.125 e. The number of nitrogens with one attached hydrogen (secondary N) is 1. The Morgan fingerprint density at radius 1 is 1.22 bits per heavy atom. The lowest BCUT2D eigenvalue weighted by molar-refractivity contribution is 0.286. The molecule has 0 fully saturated rings. The highest BCUT2D eigenvalue weighted by atomic mass is 19.1. The lowest BCUT2D eigenvalue weighted by Gasteiger charge is -2.15. The average molecular weight is 253 g/mol. The van der Waals surface area contributed by atoms with Gasteiger partial charge in [0.05, 0.1) is 13.3 Å². The van der Waals surface area contributed by atoms with Gasteiger partial charge < -0.3 is 10.1 Å². The summed E-state index contributed by atoms with van der Waals surface area (Å²) in [6, 6.07) is 4.74. The maximum absolute atomic E-state index is 12.0. The molecule has 0 bridgehead atoms. The molecule has 102 valence electrons. The summed E-state index contributed by atoms with van der Waals surface area (Å²) in [7, 11) is 0. The van der Waals surface area contributed by atoms with Gasteiger partial charge in [0.2, 0.25) is 0 Å². The van der Waals surface area contributed by atoms with Crippen LogP contribution in [0.4, 0.5) is 4.39 Å². The largest absolute Gasteiger partial charge is 0.493 e. The molecule has 3 heteroatoms. The fourth-order valence-electron chi connectivity index (χ4n) is 1.92. The minimum absolute atomic E-state index is 0.325. The molecule has 18 heavy (non-hydrogen) atoms. The first-order valence-electron chi connectivity index (χ1n) is 6.57. The molecule has 0 heterocycles. The highest BCUT2D eigenvalue weighted by Crippen LogP contribution is 2.25. The van der Waals surface area contributed by atoms with Crippen LogP contribution in [-0.4, -0.2) is 19.3 Å². The molecule has 0 amide bonds. The van der Waals surface area contributed by atoms with Crippen molar-refractivity contribution in [3.63, 3.8) is 0 Å². The summed E-state index contributed by atoms with van der Waals surface area (Å²) in [6.45, 7) is 9.33. The summed E-state index contributed by atoms with van der Waals surface area (Å²) in [4.78, 5) is 0. The normalized spacial score (nSPS) is 11.0. The van der Waals surface area contributed by atoms with Crippen molar-refractivity contribution in [1.29, 1.82) is 0 Å². The summed E-state index contributed by atoms with van der Waals surface area (Å²) < 4.78 is 17.7. The van der Waals surface area contributed by atoms with E-state index in [-0.39, 0.29) is 6.67 Å². The minimum Gasteiger partial charge on any atom is -0.493 e. The number of hydrogen-bond acceptors (Lipinski definition) is 2. The van der Waals surface area contributed by atoms with Crippen molar-refractivity contribution in [3.05, 3.63) is 28.8 Å². The summed E-state index contributed by atoms with van der Waals surface area (Å²) in [5.74, 6) is 0.900. The van der Waals surface area contributed by atoms with Crippen LogP contribution in [0.25, 0.3) is 0 Å². The topological polar surface area (TPSA) is 21.3 Å². The minimum atomic E-state index is -0.325. The Hall–Kier alpha value is -1.09. The molecule has 1 rings (SSSR count). The number of halogens is 1. The van der Waals surface area contributed by atoms with E-state index in [1.807, 2.05) is 13.8 Å². The highest BCUT2D eigenvalue weighted by molar-refractivity contribution is 5.43. The SMILES string of the molecule is Cc1cc(CNC(C)C)cc(C)c1OCCCF. The first-order chi connectivity index (χ1) is 8.54. The van der Waals surface area contributed by atoms with E-state index in [1.165, 1.54) is 5.56 Å². The molecule has 0 unspecified atom stereocenters. The van der Waals surface area contributed by atoms with Gasteiger partial charge in [0.25, 0.3) is 0 Å². The van der Waals surface area contributed by atoms with Gasteiger partial charge in [0, 0.05) is 19.0 Å². The van der Waals surface area contributed by atoms with Crippen molar-refractivity contribution in [2.45, 2.75) is 46.7 Å². The standard InChI is InChI=1S/C15H24FNO/c1-11(2)17-10-14-8-12(3)15(13(4)9-14)18-7-5-6-16/h8-9,11,17H,5-7,10H2,1-4H3. The molecule has 1 aromatic rings. The fraction of sp³-hybridized carbons (Fsp3) is 0.600. The number of rotatable bonds is 7. The third-order valence-corrected chi connectivity index (χ3v) is 2.76. The molecular weight excluding hydrogens is 229 g/mol. The van der Waals surface area contributed by atoms with Crippen LogP contribution in [0, 0.1) is 13.8 Å². The van der Waals surface area contributed by atoms with Crippen LogP contribution in [0.5, 0.6) is 5.75 Å². The molecule has 1 aromatic carbocycles. The number of benzene rings is 1. The van der Waals surface area contributed by atoms with Crippen molar-refractivity contribution in [1.82, 2.24) is 5.32 Å². The van der Waals surface area contributed by atoms with E-state index in [0.717, 1.165) is 23.4 Å². The zero-order valence-electron chi connectivity index (χ0n) is 11.8. The lowest BCUT2D eigenvalue weighted by Crippen LogP contribution is -2.21. The Labute approximate surface area is 110 Å². The van der Waals surface area contributed by atoms with Crippen molar-refractivity contribution in [3.8, 4) is 5.75 Å². The summed E-state index contributed by atoms with van der Waals surface area (Å²) in [6.07, 6.45) is 0.454. The fourth-order valence-corrected chi connectivity index (χ4v) is 1.92. The summed E-state index contributed by atoms with van der Waals surface area (Å²) in [5, 5.41) is 3.40. The van der Waals surface area contributed by atoms with E-state index >= 15 is 0 Å². The van der Waals surface area contributed by atoms with Crippen molar-refractivity contribution in [2.75, 3.05) is 13.3 Å². The first kappa shape index (κ1) is 15.0. The van der Waals surface area contributed by atoms with Gasteiger partial charge in [0.15, 0.2) is 0 Å². The molecule has 2 nitrogen and oxygen atoms in total. The zero-order valence-corrected chi connectivity index (χ0v) is 11.8. The Bertz CT molecular complexity index is 354. The molecule has 0 aliphatic rings. The van der Waals surface area contributed by atoms with Crippen LogP contribution in [0.1, 0.15) is 37.0 Å². The lowest BCUT2D eigenvalue weighted by atomic mass is 10.1. The first-order valence-corrected chi connectivity index (χ1v) is 6.57. The zero-order chi connectivity index (χ0) is 13.5. The smallest absolute Gasteiger partial charge is 0.125 e. The number of hydrogen-bond donors (Lipinski definition) is 1. The van der Waals surface area contributed by atoms with Crippen molar-refractivity contribution < 1.29 is 9.13 Å². The van der Waals surface area contributed by atoms with E-state index in [1.54, 1.807) is 0 Å². The molecule has 0 radical (unpaired) electrons. The molecule has 0 aliphatic carbocycles. The van der Waals surface area contributed by atoms with Gasteiger partial charge in [0.1, 0.15) is 5.75 Å². The van der Waals surface area contributed by atoms with E-state index in [4.69, 9.17) is 4.74 Å². The molecule has 0 aromatic heterocycles. The van der Waals surface area contributed by atoms with Gasteiger partial charge in [-0.05, 0) is 30.5 Å². The number of aryl methyl sites for hydroxylation is 2. The van der Waals surface area contributed by atoms with Gasteiger partial charge in [-0.1, -0.05) is 26.0 Å². The third kappa shape index (κ3) is 4.65. The van der Waals surface area contributed by atoms with E-state index in [9.17, 15) is 4.39 Å². The molecule has 0 saturated heterocycles. The van der Waals surface area contributed by atoms with Gasteiger partial charge in [-0.3, -0.25) is 4.39 Å². The molecule has 0 spiro atoms. The third-order valence-electron chi connectivity index (χ3n) is 2.76. The second kappa shape index (κ2) is 7.37. The van der Waals surface area contributed by atoms with Crippen LogP contribution in [0.3, 0.4) is 0 Å². The molecule has 0 saturated carbocycles. The van der Waals surface area contributed by atoms with Crippen molar-refractivity contribution >= 4 is 0 Å². The van der Waals surface area contributed by atoms with E-state index < -0.39 is 0 Å². The Morgan fingerprint density at radius 3 is 2.33 bits per heavy atom. The van der Waals surface area contributed by atoms with Crippen LogP contribution in [0.2, 0.25) is 0 Å². The van der Waals surface area contributed by atoms with E-state index in [0.29, 0.717) is 19.1 Å². The Balaban J connectivity index is 2.71. The van der Waals surface area contributed by atoms with Crippen LogP contribution < -0.4 is 10.1 Å². The molecular formula is C15H24FNO. The maximum atomic E-state index is 12.0. The van der Waals surface area contributed by atoms with Gasteiger partial charge >= 0.3 is 0 Å². The number of alkyl halides is 1. The predicted octanol–water partition coefficient (Wildman–Crippen LogP) is 3.54. The second-order valence-corrected chi connectivity index (χ2v) is 4.99.